The molecule has 1 unspecified atom stereocenters. The average molecular weight is 231 g/mol. The van der Waals surface area contributed by atoms with Crippen LogP contribution in [0.3, 0.4) is 0 Å². The van der Waals surface area contributed by atoms with Crippen LogP contribution in [0.2, 0.25) is 0 Å². The van der Waals surface area contributed by atoms with Crippen molar-refractivity contribution in [2.45, 2.75) is 38.0 Å². The second-order valence-electron chi connectivity index (χ2n) is 4.90. The number of aliphatic hydroxyl groups is 1. The number of rotatable bonds is 3. The topological polar surface area (TPSA) is 45.4 Å². The molecule has 1 atom stereocenters. The molecule has 3 nitrogen and oxygen atoms in total. The number of fused-ring (bicyclic) bond motifs is 1. The quantitative estimate of drug-likeness (QED) is 0.853. The molecule has 1 aromatic heterocycles. The van der Waals surface area contributed by atoms with Gasteiger partial charge in [0.2, 0.25) is 0 Å². The highest BCUT2D eigenvalue weighted by Gasteiger charge is 2.28. The van der Waals surface area contributed by atoms with Crippen LogP contribution in [0.5, 0.6) is 0 Å². The SMILES string of the molecule is CC(NC1CC(O)C1)c1cc2ccccc2o1. The van der Waals surface area contributed by atoms with E-state index in [0.717, 1.165) is 29.6 Å². The van der Waals surface area contributed by atoms with Gasteiger partial charge >= 0.3 is 0 Å². The maximum atomic E-state index is 9.25. The lowest BCUT2D eigenvalue weighted by atomic mass is 9.89. The summed E-state index contributed by atoms with van der Waals surface area (Å²) in [6.45, 7) is 2.10. The number of para-hydroxylation sites is 1. The Morgan fingerprint density at radius 3 is 2.82 bits per heavy atom. The third-order valence-corrected chi connectivity index (χ3v) is 3.47. The zero-order valence-electron chi connectivity index (χ0n) is 9.89. The second kappa shape index (κ2) is 4.17. The Labute approximate surface area is 100 Å². The molecular weight excluding hydrogens is 214 g/mol. The molecule has 1 aliphatic rings. The first-order chi connectivity index (χ1) is 8.22. The smallest absolute Gasteiger partial charge is 0.134 e. The van der Waals surface area contributed by atoms with Crippen LogP contribution in [-0.4, -0.2) is 17.3 Å². The highest BCUT2D eigenvalue weighted by atomic mass is 16.3. The fraction of sp³-hybridized carbons (Fsp3) is 0.429. The van der Waals surface area contributed by atoms with Gasteiger partial charge in [0, 0.05) is 11.4 Å². The Hall–Kier alpha value is -1.32. The number of aliphatic hydroxyl groups excluding tert-OH is 1. The molecule has 17 heavy (non-hydrogen) atoms. The van der Waals surface area contributed by atoms with Gasteiger partial charge in [-0.2, -0.15) is 0 Å². The summed E-state index contributed by atoms with van der Waals surface area (Å²) in [5.41, 5.74) is 0.935. The molecule has 2 N–H and O–H groups in total. The van der Waals surface area contributed by atoms with E-state index in [1.165, 1.54) is 0 Å². The van der Waals surface area contributed by atoms with Gasteiger partial charge in [0.15, 0.2) is 0 Å². The maximum Gasteiger partial charge on any atom is 0.134 e. The van der Waals surface area contributed by atoms with Crippen molar-refractivity contribution in [3.63, 3.8) is 0 Å². The van der Waals surface area contributed by atoms with Crippen LogP contribution in [0.15, 0.2) is 34.7 Å². The van der Waals surface area contributed by atoms with E-state index in [0.29, 0.717) is 6.04 Å². The standard InChI is InChI=1S/C14H17NO2/c1-9(15-11-7-12(16)8-11)14-6-10-4-2-3-5-13(10)17-14/h2-6,9,11-12,15-16H,7-8H2,1H3. The summed E-state index contributed by atoms with van der Waals surface area (Å²) in [7, 11) is 0. The predicted molar refractivity (Wildman–Crippen MR) is 66.8 cm³/mol. The predicted octanol–water partition coefficient (Wildman–Crippen LogP) is 2.61. The Bertz CT molecular complexity index is 481. The molecule has 90 valence electrons. The van der Waals surface area contributed by atoms with Gasteiger partial charge in [-0.15, -0.1) is 0 Å². The van der Waals surface area contributed by atoms with E-state index in [1.807, 2.05) is 18.2 Å². The summed E-state index contributed by atoms with van der Waals surface area (Å²) in [5.74, 6) is 0.965. The molecule has 1 heterocycles. The normalized spacial score (nSPS) is 25.8. The van der Waals surface area contributed by atoms with Gasteiger partial charge in [-0.1, -0.05) is 18.2 Å². The fourth-order valence-corrected chi connectivity index (χ4v) is 2.38. The number of hydrogen-bond acceptors (Lipinski definition) is 3. The molecular formula is C14H17NO2. The number of nitrogens with one attached hydrogen (secondary N) is 1. The minimum atomic E-state index is -0.115. The van der Waals surface area contributed by atoms with Crippen LogP contribution in [0.25, 0.3) is 11.0 Å². The summed E-state index contributed by atoms with van der Waals surface area (Å²) in [6.07, 6.45) is 1.59. The van der Waals surface area contributed by atoms with Crippen molar-refractivity contribution in [3.05, 3.63) is 36.1 Å². The summed E-state index contributed by atoms with van der Waals surface area (Å²) >= 11 is 0. The lowest BCUT2D eigenvalue weighted by Gasteiger charge is -2.34. The number of hydrogen-bond donors (Lipinski definition) is 2. The lowest BCUT2D eigenvalue weighted by molar-refractivity contribution is 0.0575. The van der Waals surface area contributed by atoms with Gasteiger partial charge in [-0.3, -0.25) is 0 Å². The zero-order chi connectivity index (χ0) is 11.8. The van der Waals surface area contributed by atoms with E-state index in [9.17, 15) is 5.11 Å². The Balaban J connectivity index is 1.74. The fourth-order valence-electron chi connectivity index (χ4n) is 2.38. The Morgan fingerprint density at radius 1 is 1.35 bits per heavy atom. The van der Waals surface area contributed by atoms with Crippen molar-refractivity contribution in [1.82, 2.24) is 5.32 Å². The van der Waals surface area contributed by atoms with Crippen molar-refractivity contribution in [2.24, 2.45) is 0 Å². The first kappa shape index (κ1) is 10.8. The molecule has 0 radical (unpaired) electrons. The molecule has 0 saturated heterocycles. The molecule has 1 fully saturated rings. The van der Waals surface area contributed by atoms with Gasteiger partial charge in [0.05, 0.1) is 12.1 Å². The van der Waals surface area contributed by atoms with Gasteiger partial charge < -0.3 is 14.8 Å². The minimum absolute atomic E-state index is 0.115. The summed E-state index contributed by atoms with van der Waals surface area (Å²) in [5, 5.41) is 13.9. The number of benzene rings is 1. The highest BCUT2D eigenvalue weighted by molar-refractivity contribution is 5.77. The summed E-state index contributed by atoms with van der Waals surface area (Å²) < 4.78 is 5.80. The van der Waals surface area contributed by atoms with Crippen LogP contribution in [0.1, 0.15) is 31.6 Å². The van der Waals surface area contributed by atoms with E-state index in [1.54, 1.807) is 0 Å². The second-order valence-corrected chi connectivity index (χ2v) is 4.90. The van der Waals surface area contributed by atoms with Crippen molar-refractivity contribution >= 4 is 11.0 Å². The van der Waals surface area contributed by atoms with E-state index in [2.05, 4.69) is 24.4 Å². The van der Waals surface area contributed by atoms with Crippen LogP contribution in [-0.2, 0) is 0 Å². The van der Waals surface area contributed by atoms with Crippen LogP contribution in [0, 0.1) is 0 Å². The molecule has 2 aromatic rings. The maximum absolute atomic E-state index is 9.25. The van der Waals surface area contributed by atoms with Crippen molar-refractivity contribution < 1.29 is 9.52 Å². The van der Waals surface area contributed by atoms with Crippen LogP contribution < -0.4 is 5.32 Å². The molecule has 3 heteroatoms. The minimum Gasteiger partial charge on any atom is -0.459 e. The van der Waals surface area contributed by atoms with Gasteiger partial charge in [-0.25, -0.2) is 0 Å². The largest absolute Gasteiger partial charge is 0.459 e. The first-order valence-electron chi connectivity index (χ1n) is 6.15. The molecule has 0 aliphatic heterocycles. The Kier molecular flexibility index (Phi) is 2.65. The third-order valence-electron chi connectivity index (χ3n) is 3.47. The highest BCUT2D eigenvalue weighted by Crippen LogP contribution is 2.27. The molecule has 1 aromatic carbocycles. The third kappa shape index (κ3) is 2.08. The molecule has 0 spiro atoms. The molecule has 1 aliphatic carbocycles. The van der Waals surface area contributed by atoms with Crippen molar-refractivity contribution in [2.75, 3.05) is 0 Å². The first-order valence-corrected chi connectivity index (χ1v) is 6.15. The average Bonchev–Trinajstić information content (AvgIpc) is 2.70. The number of furan rings is 1. The van der Waals surface area contributed by atoms with E-state index < -0.39 is 0 Å². The van der Waals surface area contributed by atoms with Crippen LogP contribution in [0.4, 0.5) is 0 Å². The summed E-state index contributed by atoms with van der Waals surface area (Å²) in [4.78, 5) is 0. The van der Waals surface area contributed by atoms with E-state index >= 15 is 0 Å². The van der Waals surface area contributed by atoms with Gasteiger partial charge in [0.25, 0.3) is 0 Å². The van der Waals surface area contributed by atoms with Crippen LogP contribution >= 0.6 is 0 Å². The molecule has 0 bridgehead atoms. The van der Waals surface area contributed by atoms with Gasteiger partial charge in [0.1, 0.15) is 11.3 Å². The Morgan fingerprint density at radius 2 is 2.12 bits per heavy atom. The van der Waals surface area contributed by atoms with Crippen molar-refractivity contribution in [3.8, 4) is 0 Å². The van der Waals surface area contributed by atoms with E-state index in [4.69, 9.17) is 4.42 Å². The molecule has 3 rings (SSSR count). The molecule has 1 saturated carbocycles. The monoisotopic (exact) mass is 231 g/mol. The summed E-state index contributed by atoms with van der Waals surface area (Å²) in [6, 6.07) is 10.7. The zero-order valence-corrected chi connectivity index (χ0v) is 9.89. The van der Waals surface area contributed by atoms with Crippen molar-refractivity contribution in [1.29, 1.82) is 0 Å². The van der Waals surface area contributed by atoms with Gasteiger partial charge in [-0.05, 0) is 31.9 Å². The molecule has 0 amide bonds. The van der Waals surface area contributed by atoms with E-state index in [-0.39, 0.29) is 12.1 Å². The lowest BCUT2D eigenvalue weighted by Crippen LogP contribution is -2.44.